The topological polar surface area (TPSA) is 128 Å². The molecule has 1 aliphatic carbocycles. The predicted molar refractivity (Wildman–Crippen MR) is 101 cm³/mol. The molecule has 1 aromatic rings. The summed E-state index contributed by atoms with van der Waals surface area (Å²) in [5.74, 6) is -3.27. The lowest BCUT2D eigenvalue weighted by Gasteiger charge is -2.33. The van der Waals surface area contributed by atoms with Crippen molar-refractivity contribution in [1.29, 1.82) is 0 Å². The van der Waals surface area contributed by atoms with Crippen LogP contribution < -0.4 is 5.32 Å². The summed E-state index contributed by atoms with van der Waals surface area (Å²) >= 11 is 0. The van der Waals surface area contributed by atoms with Crippen LogP contribution in [-0.4, -0.2) is 34.5 Å². The molecule has 10 nitrogen and oxygen atoms in total. The number of benzene rings is 1. The third-order valence-corrected chi connectivity index (χ3v) is 4.83. The van der Waals surface area contributed by atoms with E-state index in [-0.39, 0.29) is 41.3 Å². The van der Waals surface area contributed by atoms with Crippen molar-refractivity contribution in [2.45, 2.75) is 12.5 Å². The lowest BCUT2D eigenvalue weighted by Crippen LogP contribution is -2.50. The lowest BCUT2D eigenvalue weighted by atomic mass is 9.94. The zero-order valence-corrected chi connectivity index (χ0v) is 16.0. The van der Waals surface area contributed by atoms with Crippen molar-refractivity contribution in [3.8, 4) is 0 Å². The summed E-state index contributed by atoms with van der Waals surface area (Å²) in [6.07, 6.45) is 3.69. The number of hydrogen-bond donors (Lipinski definition) is 1. The van der Waals surface area contributed by atoms with Crippen LogP contribution in [0.1, 0.15) is 18.0 Å². The minimum Gasteiger partial charge on any atom is -0.456 e. The summed E-state index contributed by atoms with van der Waals surface area (Å²) < 4.78 is 37.5. The Morgan fingerprint density at radius 1 is 1.25 bits per heavy atom. The Morgan fingerprint density at radius 2 is 2.03 bits per heavy atom. The number of allylic oxidation sites excluding steroid dienone is 4. The molecule has 1 unspecified atom stereocenters. The molecule has 1 aromatic carbocycles. The molecule has 1 atom stereocenters. The van der Waals surface area contributed by atoms with Crippen LogP contribution >= 0.6 is 0 Å². The minimum atomic E-state index is -1.44. The van der Waals surface area contributed by atoms with Gasteiger partial charge in [-0.05, 0) is 23.8 Å². The number of cyclic esters (lactones) is 1. The fraction of sp³-hybridized carbons (Fsp3) is 0.150. The number of nitrogens with one attached hydrogen (secondary N) is 1. The predicted octanol–water partition coefficient (Wildman–Crippen LogP) is 2.98. The third kappa shape index (κ3) is 3.73. The van der Waals surface area contributed by atoms with Crippen molar-refractivity contribution in [2.24, 2.45) is 0 Å². The molecule has 2 aliphatic heterocycles. The second kappa shape index (κ2) is 8.06. The van der Waals surface area contributed by atoms with Gasteiger partial charge in [-0.3, -0.25) is 10.1 Å². The molecule has 32 heavy (non-hydrogen) atoms. The van der Waals surface area contributed by atoms with Crippen LogP contribution in [0.5, 0.6) is 0 Å². The molecule has 3 amide bonds. The largest absolute Gasteiger partial charge is 0.456 e. The highest BCUT2D eigenvalue weighted by Crippen LogP contribution is 2.38. The zero-order chi connectivity index (χ0) is 23.0. The second-order valence-corrected chi connectivity index (χ2v) is 6.80. The van der Waals surface area contributed by atoms with E-state index in [0.29, 0.717) is 4.90 Å². The van der Waals surface area contributed by atoms with Gasteiger partial charge in [-0.1, -0.05) is 12.1 Å². The lowest BCUT2D eigenvalue weighted by molar-refractivity contribution is -0.419. The number of halogens is 2. The van der Waals surface area contributed by atoms with E-state index in [1.807, 2.05) is 0 Å². The number of carbonyl (C=O) groups is 3. The summed E-state index contributed by atoms with van der Waals surface area (Å²) in [5.41, 5.74) is -0.339. The minimum absolute atomic E-state index is 0.000863. The maximum absolute atomic E-state index is 13.9. The van der Waals surface area contributed by atoms with Gasteiger partial charge in [-0.2, -0.15) is 0 Å². The molecule has 0 radical (unpaired) electrons. The molecule has 0 bridgehead atoms. The number of rotatable bonds is 3. The molecule has 1 N–H and O–H groups in total. The van der Waals surface area contributed by atoms with Gasteiger partial charge in [-0.25, -0.2) is 28.1 Å². The maximum Gasteiger partial charge on any atom is 0.424 e. The average Bonchev–Trinajstić information content (AvgIpc) is 2.95. The van der Waals surface area contributed by atoms with Crippen molar-refractivity contribution in [2.75, 3.05) is 6.61 Å². The van der Waals surface area contributed by atoms with Crippen LogP contribution in [0.15, 0.2) is 65.2 Å². The van der Waals surface area contributed by atoms with Crippen molar-refractivity contribution in [3.63, 3.8) is 0 Å². The van der Waals surface area contributed by atoms with Crippen LogP contribution in [0, 0.1) is 21.7 Å². The summed E-state index contributed by atoms with van der Waals surface area (Å²) in [6.45, 7) is -0.257. The van der Waals surface area contributed by atoms with E-state index in [2.05, 4.69) is 5.32 Å². The van der Waals surface area contributed by atoms with Gasteiger partial charge >= 0.3 is 18.1 Å². The van der Waals surface area contributed by atoms with Crippen LogP contribution in [0.4, 0.5) is 18.4 Å². The standard InChI is InChI=1S/C20H13F2N3O7/c21-13-7-4-10(8-14(13)22)17-16-15(9-31-18(16)26)23-19(27)24(17)20(28)32-12-3-1-2-11(5-6-12)25(29)30/h1-2,4-8,17H,3,9H2,(H,23,27). The number of amides is 3. The first-order valence-electron chi connectivity index (χ1n) is 9.15. The van der Waals surface area contributed by atoms with E-state index in [0.717, 1.165) is 24.3 Å². The number of nitro groups is 1. The molecule has 2 heterocycles. The molecule has 0 saturated carbocycles. The van der Waals surface area contributed by atoms with E-state index >= 15 is 0 Å². The highest BCUT2D eigenvalue weighted by atomic mass is 19.2. The monoisotopic (exact) mass is 445 g/mol. The highest BCUT2D eigenvalue weighted by molar-refractivity contribution is 6.02. The van der Waals surface area contributed by atoms with E-state index in [9.17, 15) is 33.3 Å². The first-order chi connectivity index (χ1) is 15.3. The maximum atomic E-state index is 13.9. The van der Waals surface area contributed by atoms with E-state index in [1.54, 1.807) is 0 Å². The Balaban J connectivity index is 1.71. The smallest absolute Gasteiger partial charge is 0.424 e. The van der Waals surface area contributed by atoms with Gasteiger partial charge in [0.15, 0.2) is 11.6 Å². The molecule has 164 valence electrons. The molecule has 0 fully saturated rings. The number of esters is 1. The summed E-state index contributed by atoms with van der Waals surface area (Å²) in [5, 5.41) is 13.3. The normalized spacial score (nSPS) is 20.1. The first kappa shape index (κ1) is 20.9. The van der Waals surface area contributed by atoms with Gasteiger partial charge in [0.25, 0.3) is 5.70 Å². The number of nitrogens with zero attached hydrogens (tertiary/aromatic N) is 2. The van der Waals surface area contributed by atoms with Gasteiger partial charge in [-0.15, -0.1) is 0 Å². The van der Waals surface area contributed by atoms with Crippen LogP contribution in [0.3, 0.4) is 0 Å². The molecule has 0 saturated heterocycles. The first-order valence-corrected chi connectivity index (χ1v) is 9.15. The fourth-order valence-corrected chi connectivity index (χ4v) is 3.38. The van der Waals surface area contributed by atoms with Crippen molar-refractivity contribution in [3.05, 3.63) is 92.5 Å². The summed E-state index contributed by atoms with van der Waals surface area (Å²) in [4.78, 5) is 48.7. The van der Waals surface area contributed by atoms with Gasteiger partial charge in [0.2, 0.25) is 0 Å². The number of ether oxygens (including phenoxy) is 2. The summed E-state index contributed by atoms with van der Waals surface area (Å²) in [6, 6.07) is 0.257. The van der Waals surface area contributed by atoms with E-state index in [4.69, 9.17) is 9.47 Å². The van der Waals surface area contributed by atoms with Crippen molar-refractivity contribution >= 4 is 18.1 Å². The Kier molecular flexibility index (Phi) is 5.26. The molecule has 12 heteroatoms. The van der Waals surface area contributed by atoms with Gasteiger partial charge < -0.3 is 14.8 Å². The number of hydrogen-bond acceptors (Lipinski definition) is 7. The van der Waals surface area contributed by atoms with Gasteiger partial charge in [0.05, 0.1) is 16.2 Å². The quantitative estimate of drug-likeness (QED) is 0.430. The Bertz CT molecular complexity index is 1190. The molecule has 0 aromatic heterocycles. The van der Waals surface area contributed by atoms with Gasteiger partial charge in [0, 0.05) is 18.6 Å². The van der Waals surface area contributed by atoms with Crippen LogP contribution in [-0.2, 0) is 14.3 Å². The van der Waals surface area contributed by atoms with Crippen molar-refractivity contribution in [1.82, 2.24) is 10.2 Å². The Morgan fingerprint density at radius 3 is 2.75 bits per heavy atom. The number of imide groups is 1. The zero-order valence-electron chi connectivity index (χ0n) is 16.0. The molecule has 4 rings (SSSR count). The van der Waals surface area contributed by atoms with Gasteiger partial charge in [0.1, 0.15) is 18.4 Å². The molecule has 3 aliphatic rings. The van der Waals surface area contributed by atoms with Crippen LogP contribution in [0.25, 0.3) is 0 Å². The third-order valence-electron chi connectivity index (χ3n) is 4.83. The molecule has 0 spiro atoms. The van der Waals surface area contributed by atoms with Crippen LogP contribution in [0.2, 0.25) is 0 Å². The Hall–Kier alpha value is -4.35. The number of urea groups is 1. The van der Waals surface area contributed by atoms with E-state index < -0.39 is 40.7 Å². The second-order valence-electron chi connectivity index (χ2n) is 6.80. The average molecular weight is 445 g/mol. The SMILES string of the molecule is O=C1OCC2=C1C(c1ccc(F)c(F)c1)N(C(=O)OC1=CC=C([N+](=O)[O-])C=CC1)C(=O)N2. The highest BCUT2D eigenvalue weighted by Gasteiger charge is 2.46. The Labute approximate surface area is 178 Å². The summed E-state index contributed by atoms with van der Waals surface area (Å²) in [7, 11) is 0. The van der Waals surface area contributed by atoms with Crippen molar-refractivity contribution < 1.29 is 37.6 Å². The number of carbonyl (C=O) groups excluding carboxylic acids is 3. The van der Waals surface area contributed by atoms with E-state index in [1.165, 1.54) is 18.2 Å². The molecular weight excluding hydrogens is 432 g/mol. The molecular formula is C20H13F2N3O7. The fourth-order valence-electron chi connectivity index (χ4n) is 3.38.